The van der Waals surface area contributed by atoms with Crippen molar-refractivity contribution in [2.24, 2.45) is 0 Å². The van der Waals surface area contributed by atoms with Crippen LogP contribution >= 0.6 is 0 Å². The predicted molar refractivity (Wildman–Crippen MR) is 99.7 cm³/mol. The van der Waals surface area contributed by atoms with Crippen molar-refractivity contribution in [1.29, 1.82) is 0 Å². The Labute approximate surface area is 153 Å². The summed E-state index contributed by atoms with van der Waals surface area (Å²) in [6, 6.07) is 11.2. The van der Waals surface area contributed by atoms with E-state index in [1.807, 2.05) is 36.4 Å². The van der Waals surface area contributed by atoms with Crippen molar-refractivity contribution < 1.29 is 19.0 Å². The number of hydrogen-bond acceptors (Lipinski definition) is 5. The van der Waals surface area contributed by atoms with Gasteiger partial charge in [0.1, 0.15) is 0 Å². The van der Waals surface area contributed by atoms with E-state index in [2.05, 4.69) is 0 Å². The highest BCUT2D eigenvalue weighted by Gasteiger charge is 2.33. The van der Waals surface area contributed by atoms with Gasteiger partial charge in [-0.2, -0.15) is 0 Å². The summed E-state index contributed by atoms with van der Waals surface area (Å²) in [6.45, 7) is 2.71. The molecule has 0 fully saturated rings. The zero-order valence-corrected chi connectivity index (χ0v) is 15.3. The molecule has 1 aliphatic heterocycles. The number of nitrogens with zero attached hydrogens (tertiary/aromatic N) is 1. The van der Waals surface area contributed by atoms with Crippen molar-refractivity contribution >= 4 is 11.8 Å². The van der Waals surface area contributed by atoms with Gasteiger partial charge in [-0.05, 0) is 54.3 Å². The Hall–Kier alpha value is -2.89. The van der Waals surface area contributed by atoms with Gasteiger partial charge < -0.3 is 19.9 Å². The minimum Gasteiger partial charge on any atom is -0.493 e. The maximum absolute atomic E-state index is 12.6. The molecule has 1 atom stereocenters. The molecule has 3 rings (SSSR count). The zero-order valence-electron chi connectivity index (χ0n) is 15.3. The summed E-state index contributed by atoms with van der Waals surface area (Å²) in [4.78, 5) is 14.3. The van der Waals surface area contributed by atoms with Crippen molar-refractivity contribution in [2.75, 3.05) is 33.1 Å². The van der Waals surface area contributed by atoms with Crippen molar-refractivity contribution in [3.8, 4) is 11.5 Å². The van der Waals surface area contributed by atoms with Crippen LogP contribution in [-0.4, -0.2) is 38.4 Å². The van der Waals surface area contributed by atoms with Crippen LogP contribution < -0.4 is 15.2 Å². The zero-order chi connectivity index (χ0) is 18.7. The summed E-state index contributed by atoms with van der Waals surface area (Å²) < 4.78 is 16.0. The standard InChI is InChI=1S/C20H24N2O4/c1-4-26-20(23)22-10-9-13-5-7-15(21)12-16(13)19(22)14-6-8-17(24-2)18(11-14)25-3/h5-8,11-12,19H,4,9-10,21H2,1-3H3. The first-order valence-corrected chi connectivity index (χ1v) is 8.62. The first-order chi connectivity index (χ1) is 12.6. The Morgan fingerprint density at radius 2 is 1.92 bits per heavy atom. The summed E-state index contributed by atoms with van der Waals surface area (Å²) in [7, 11) is 3.19. The van der Waals surface area contributed by atoms with E-state index in [0.717, 1.165) is 17.5 Å². The number of carbonyl (C=O) groups excluding carboxylic acids is 1. The fourth-order valence-electron chi connectivity index (χ4n) is 3.42. The minimum atomic E-state index is -0.333. The first kappa shape index (κ1) is 17.9. The number of nitrogen functional groups attached to an aromatic ring is 1. The molecule has 0 bridgehead atoms. The number of hydrogen-bond donors (Lipinski definition) is 1. The Balaban J connectivity index is 2.12. The number of nitrogens with two attached hydrogens (primary N) is 1. The van der Waals surface area contributed by atoms with Crippen LogP contribution in [0.4, 0.5) is 10.5 Å². The average Bonchev–Trinajstić information content (AvgIpc) is 2.66. The summed E-state index contributed by atoms with van der Waals surface area (Å²) in [5.74, 6) is 1.26. The van der Waals surface area contributed by atoms with Crippen LogP contribution in [0.3, 0.4) is 0 Å². The monoisotopic (exact) mass is 356 g/mol. The molecule has 1 unspecified atom stereocenters. The maximum Gasteiger partial charge on any atom is 0.410 e. The van der Waals surface area contributed by atoms with Crippen LogP contribution in [0, 0.1) is 0 Å². The molecule has 26 heavy (non-hydrogen) atoms. The van der Waals surface area contributed by atoms with Crippen LogP contribution in [0.2, 0.25) is 0 Å². The molecule has 6 heteroatoms. The second-order valence-electron chi connectivity index (χ2n) is 6.12. The number of amides is 1. The van der Waals surface area contributed by atoms with Crippen molar-refractivity contribution in [3.05, 3.63) is 53.1 Å². The van der Waals surface area contributed by atoms with Gasteiger partial charge in [0.25, 0.3) is 0 Å². The number of ether oxygens (including phenoxy) is 3. The Kier molecular flexibility index (Phi) is 5.21. The Morgan fingerprint density at radius 3 is 2.62 bits per heavy atom. The van der Waals surface area contributed by atoms with Crippen LogP contribution in [-0.2, 0) is 11.2 Å². The van der Waals surface area contributed by atoms with E-state index in [4.69, 9.17) is 19.9 Å². The van der Waals surface area contributed by atoms with Crippen LogP contribution in [0.5, 0.6) is 11.5 Å². The summed E-state index contributed by atoms with van der Waals surface area (Å²) in [5, 5.41) is 0. The molecule has 2 N–H and O–H groups in total. The molecule has 1 heterocycles. The predicted octanol–water partition coefficient (Wildman–Crippen LogP) is 3.39. The molecule has 0 aromatic heterocycles. The van der Waals surface area contributed by atoms with E-state index in [-0.39, 0.29) is 12.1 Å². The second kappa shape index (κ2) is 7.56. The lowest BCUT2D eigenvalue weighted by Gasteiger charge is -2.37. The van der Waals surface area contributed by atoms with Crippen molar-refractivity contribution in [1.82, 2.24) is 4.90 Å². The van der Waals surface area contributed by atoms with Gasteiger partial charge in [-0.1, -0.05) is 12.1 Å². The SMILES string of the molecule is CCOC(=O)N1CCc2ccc(N)cc2C1c1ccc(OC)c(OC)c1. The van der Waals surface area contributed by atoms with E-state index in [9.17, 15) is 4.79 Å². The van der Waals surface area contributed by atoms with Gasteiger partial charge in [0, 0.05) is 12.2 Å². The van der Waals surface area contributed by atoms with Crippen molar-refractivity contribution in [2.45, 2.75) is 19.4 Å². The third-order valence-electron chi connectivity index (χ3n) is 4.62. The van der Waals surface area contributed by atoms with Gasteiger partial charge in [0.15, 0.2) is 11.5 Å². The lowest BCUT2D eigenvalue weighted by atomic mass is 9.88. The van der Waals surface area contributed by atoms with Gasteiger partial charge in [-0.3, -0.25) is 4.90 Å². The Bertz CT molecular complexity index is 806. The van der Waals surface area contributed by atoms with Gasteiger partial charge in [-0.25, -0.2) is 4.79 Å². The molecule has 0 saturated heterocycles. The van der Waals surface area contributed by atoms with Gasteiger partial charge in [-0.15, -0.1) is 0 Å². The first-order valence-electron chi connectivity index (χ1n) is 8.62. The average molecular weight is 356 g/mol. The molecule has 1 amide bonds. The van der Waals surface area contributed by atoms with Gasteiger partial charge in [0.2, 0.25) is 0 Å². The topological polar surface area (TPSA) is 74.0 Å². The smallest absolute Gasteiger partial charge is 0.410 e. The molecular formula is C20H24N2O4. The summed E-state index contributed by atoms with van der Waals surface area (Å²) in [5.41, 5.74) is 9.80. The number of anilines is 1. The number of rotatable bonds is 4. The molecule has 0 radical (unpaired) electrons. The third kappa shape index (κ3) is 3.27. The molecule has 1 aliphatic rings. The number of carbonyl (C=O) groups is 1. The number of benzene rings is 2. The molecule has 0 aliphatic carbocycles. The fourth-order valence-corrected chi connectivity index (χ4v) is 3.42. The van der Waals surface area contributed by atoms with E-state index >= 15 is 0 Å². The molecular weight excluding hydrogens is 332 g/mol. The molecule has 2 aromatic rings. The summed E-state index contributed by atoms with van der Waals surface area (Å²) in [6.07, 6.45) is 0.429. The number of fused-ring (bicyclic) bond motifs is 1. The van der Waals surface area contributed by atoms with E-state index < -0.39 is 0 Å². The second-order valence-corrected chi connectivity index (χ2v) is 6.12. The minimum absolute atomic E-state index is 0.291. The van der Waals surface area contributed by atoms with Crippen LogP contribution in [0.15, 0.2) is 36.4 Å². The Morgan fingerprint density at radius 1 is 1.15 bits per heavy atom. The molecule has 138 valence electrons. The third-order valence-corrected chi connectivity index (χ3v) is 4.62. The highest BCUT2D eigenvalue weighted by Crippen LogP contribution is 2.39. The van der Waals surface area contributed by atoms with E-state index in [1.54, 1.807) is 26.0 Å². The normalized spacial score (nSPS) is 16.0. The summed E-state index contributed by atoms with van der Waals surface area (Å²) >= 11 is 0. The fraction of sp³-hybridized carbons (Fsp3) is 0.350. The number of methoxy groups -OCH3 is 2. The largest absolute Gasteiger partial charge is 0.493 e. The molecule has 2 aromatic carbocycles. The highest BCUT2D eigenvalue weighted by molar-refractivity contribution is 5.70. The van der Waals surface area contributed by atoms with E-state index in [1.165, 1.54) is 5.56 Å². The lowest BCUT2D eigenvalue weighted by molar-refractivity contribution is 0.0937. The highest BCUT2D eigenvalue weighted by atomic mass is 16.6. The molecule has 0 saturated carbocycles. The van der Waals surface area contributed by atoms with Crippen LogP contribution in [0.25, 0.3) is 0 Å². The molecule has 6 nitrogen and oxygen atoms in total. The molecule has 0 spiro atoms. The maximum atomic E-state index is 12.6. The van der Waals surface area contributed by atoms with Crippen molar-refractivity contribution in [3.63, 3.8) is 0 Å². The lowest BCUT2D eigenvalue weighted by Crippen LogP contribution is -2.41. The van der Waals surface area contributed by atoms with E-state index in [0.29, 0.717) is 30.3 Å². The quantitative estimate of drug-likeness (QED) is 0.850. The van der Waals surface area contributed by atoms with Gasteiger partial charge >= 0.3 is 6.09 Å². The van der Waals surface area contributed by atoms with Crippen LogP contribution in [0.1, 0.15) is 29.7 Å². The van der Waals surface area contributed by atoms with Gasteiger partial charge in [0.05, 0.1) is 26.9 Å².